The first-order chi connectivity index (χ1) is 8.69. The zero-order chi connectivity index (χ0) is 13.1. The molecule has 98 valence electrons. The van der Waals surface area contributed by atoms with Crippen molar-refractivity contribution >= 4 is 34.4 Å². The van der Waals surface area contributed by atoms with Crippen LogP contribution in [0.2, 0.25) is 0 Å². The molecule has 0 N–H and O–H groups in total. The largest absolute Gasteiger partial charge is 0.324 e. The summed E-state index contributed by atoms with van der Waals surface area (Å²) < 4.78 is 2.30. The van der Waals surface area contributed by atoms with E-state index in [0.717, 1.165) is 23.5 Å². The highest BCUT2D eigenvalue weighted by molar-refractivity contribution is 7.98. The molecule has 0 saturated carbocycles. The van der Waals surface area contributed by atoms with Gasteiger partial charge in [-0.1, -0.05) is 12.1 Å². The van der Waals surface area contributed by atoms with Crippen molar-refractivity contribution in [2.24, 2.45) is 0 Å². The summed E-state index contributed by atoms with van der Waals surface area (Å²) in [7, 11) is 0. The van der Waals surface area contributed by atoms with E-state index in [1.54, 1.807) is 0 Å². The van der Waals surface area contributed by atoms with E-state index in [1.807, 2.05) is 11.8 Å². The van der Waals surface area contributed by atoms with E-state index in [-0.39, 0.29) is 0 Å². The number of aromatic nitrogens is 2. The lowest BCUT2D eigenvalue weighted by Gasteiger charge is -2.16. The second-order valence-corrected chi connectivity index (χ2v) is 5.86. The van der Waals surface area contributed by atoms with Gasteiger partial charge in [-0.2, -0.15) is 11.8 Å². The predicted molar refractivity (Wildman–Crippen MR) is 81.7 cm³/mol. The van der Waals surface area contributed by atoms with E-state index < -0.39 is 0 Å². The Bertz CT molecular complexity index is 536. The van der Waals surface area contributed by atoms with Crippen LogP contribution in [-0.2, 0) is 5.88 Å². The lowest BCUT2D eigenvalue weighted by Crippen LogP contribution is -2.09. The number of para-hydroxylation sites is 1. The van der Waals surface area contributed by atoms with Crippen LogP contribution >= 0.6 is 23.4 Å². The lowest BCUT2D eigenvalue weighted by molar-refractivity contribution is 0.534. The zero-order valence-electron chi connectivity index (χ0n) is 11.1. The Morgan fingerprint density at radius 2 is 2.22 bits per heavy atom. The number of hydrogen-bond donors (Lipinski definition) is 0. The second-order valence-electron chi connectivity index (χ2n) is 4.60. The summed E-state index contributed by atoms with van der Waals surface area (Å²) in [5, 5.41) is 0. The molecule has 18 heavy (non-hydrogen) atoms. The maximum atomic E-state index is 6.05. The summed E-state index contributed by atoms with van der Waals surface area (Å²) in [5.74, 6) is 2.61. The van der Waals surface area contributed by atoms with E-state index in [1.165, 1.54) is 11.1 Å². The van der Waals surface area contributed by atoms with Crippen molar-refractivity contribution in [1.82, 2.24) is 9.55 Å². The van der Waals surface area contributed by atoms with Gasteiger partial charge in [0.05, 0.1) is 16.9 Å². The van der Waals surface area contributed by atoms with Crippen molar-refractivity contribution in [3.05, 3.63) is 29.6 Å². The first kappa shape index (κ1) is 13.8. The standard InChI is InChI=1S/C14H19ClN2S/c1-10-5-4-6-12-14(10)16-13(9-15)17(12)11(2)7-8-18-3/h4-6,11H,7-9H2,1-3H3. The van der Waals surface area contributed by atoms with Crippen LogP contribution in [0.4, 0.5) is 0 Å². The molecule has 2 nitrogen and oxygen atoms in total. The first-order valence-corrected chi connectivity index (χ1v) is 8.13. The third kappa shape index (κ3) is 2.52. The molecular weight excluding hydrogens is 264 g/mol. The highest BCUT2D eigenvalue weighted by atomic mass is 35.5. The Hall–Kier alpha value is -0.670. The number of thioether (sulfide) groups is 1. The fourth-order valence-corrected chi connectivity index (χ4v) is 3.07. The number of nitrogens with zero attached hydrogens (tertiary/aromatic N) is 2. The average molecular weight is 283 g/mol. The number of rotatable bonds is 5. The molecule has 0 amide bonds. The molecule has 2 rings (SSSR count). The topological polar surface area (TPSA) is 17.8 Å². The Labute approximate surface area is 118 Å². The third-order valence-corrected chi connectivity index (χ3v) is 4.18. The smallest absolute Gasteiger partial charge is 0.125 e. The molecule has 0 bridgehead atoms. The summed E-state index contributed by atoms with van der Waals surface area (Å²) >= 11 is 7.93. The van der Waals surface area contributed by atoms with E-state index in [0.29, 0.717) is 11.9 Å². The van der Waals surface area contributed by atoms with Crippen LogP contribution in [0.3, 0.4) is 0 Å². The van der Waals surface area contributed by atoms with Crippen molar-refractivity contribution < 1.29 is 0 Å². The molecule has 2 aromatic rings. The van der Waals surface area contributed by atoms with Gasteiger partial charge in [0.1, 0.15) is 5.82 Å². The Morgan fingerprint density at radius 3 is 2.89 bits per heavy atom. The van der Waals surface area contributed by atoms with E-state index >= 15 is 0 Å². The molecule has 0 radical (unpaired) electrons. The van der Waals surface area contributed by atoms with E-state index in [2.05, 4.69) is 47.9 Å². The second kappa shape index (κ2) is 5.98. The molecule has 0 spiro atoms. The molecule has 1 unspecified atom stereocenters. The molecule has 0 aliphatic carbocycles. The fourth-order valence-electron chi connectivity index (χ4n) is 2.31. The number of halogens is 1. The average Bonchev–Trinajstić information content (AvgIpc) is 2.76. The highest BCUT2D eigenvalue weighted by Crippen LogP contribution is 2.26. The highest BCUT2D eigenvalue weighted by Gasteiger charge is 2.15. The van der Waals surface area contributed by atoms with Gasteiger partial charge in [-0.05, 0) is 43.9 Å². The van der Waals surface area contributed by atoms with Crippen LogP contribution in [0.25, 0.3) is 11.0 Å². The van der Waals surface area contributed by atoms with Crippen molar-refractivity contribution in [2.45, 2.75) is 32.2 Å². The SMILES string of the molecule is CSCCC(C)n1c(CCl)nc2c(C)cccc21. The third-order valence-electron chi connectivity index (χ3n) is 3.29. The Morgan fingerprint density at radius 1 is 1.44 bits per heavy atom. The van der Waals surface area contributed by atoms with Crippen LogP contribution in [0.1, 0.15) is 30.8 Å². The molecule has 0 saturated heterocycles. The molecule has 1 aromatic heterocycles. The van der Waals surface area contributed by atoms with E-state index in [4.69, 9.17) is 11.6 Å². The van der Waals surface area contributed by atoms with Crippen LogP contribution in [0.15, 0.2) is 18.2 Å². The van der Waals surface area contributed by atoms with Crippen molar-refractivity contribution in [3.8, 4) is 0 Å². The molecule has 1 heterocycles. The first-order valence-electron chi connectivity index (χ1n) is 6.20. The van der Waals surface area contributed by atoms with E-state index in [9.17, 15) is 0 Å². The number of imidazole rings is 1. The van der Waals surface area contributed by atoms with Gasteiger partial charge >= 0.3 is 0 Å². The Kier molecular flexibility index (Phi) is 4.57. The van der Waals surface area contributed by atoms with Gasteiger partial charge in [-0.3, -0.25) is 0 Å². The number of aryl methyl sites for hydroxylation is 1. The summed E-state index contributed by atoms with van der Waals surface area (Å²) in [6.45, 7) is 4.35. The maximum Gasteiger partial charge on any atom is 0.125 e. The molecule has 0 aliphatic rings. The minimum absolute atomic E-state index is 0.443. The van der Waals surface area contributed by atoms with Crippen LogP contribution < -0.4 is 0 Å². The minimum Gasteiger partial charge on any atom is -0.324 e. The summed E-state index contributed by atoms with van der Waals surface area (Å²) in [5.41, 5.74) is 3.51. The van der Waals surface area contributed by atoms with Crippen LogP contribution in [-0.4, -0.2) is 21.6 Å². The van der Waals surface area contributed by atoms with Crippen LogP contribution in [0, 0.1) is 6.92 Å². The van der Waals surface area contributed by atoms with Gasteiger partial charge in [0, 0.05) is 6.04 Å². The van der Waals surface area contributed by atoms with Gasteiger partial charge in [0.2, 0.25) is 0 Å². The lowest BCUT2D eigenvalue weighted by atomic mass is 10.2. The fraction of sp³-hybridized carbons (Fsp3) is 0.500. The predicted octanol–water partition coefficient (Wildman–Crippen LogP) is 4.40. The quantitative estimate of drug-likeness (QED) is 0.757. The van der Waals surface area contributed by atoms with Gasteiger partial charge in [0.15, 0.2) is 0 Å². The Balaban J connectivity index is 2.50. The molecule has 4 heteroatoms. The summed E-state index contributed by atoms with van der Waals surface area (Å²) in [6.07, 6.45) is 3.29. The molecular formula is C14H19ClN2S. The summed E-state index contributed by atoms with van der Waals surface area (Å²) in [4.78, 5) is 4.68. The number of fused-ring (bicyclic) bond motifs is 1. The van der Waals surface area contributed by atoms with Gasteiger partial charge in [-0.15, -0.1) is 11.6 Å². The molecule has 0 aliphatic heterocycles. The maximum absolute atomic E-state index is 6.05. The monoisotopic (exact) mass is 282 g/mol. The summed E-state index contributed by atoms with van der Waals surface area (Å²) in [6, 6.07) is 6.78. The number of hydrogen-bond acceptors (Lipinski definition) is 2. The van der Waals surface area contributed by atoms with Gasteiger partial charge < -0.3 is 4.57 Å². The number of benzene rings is 1. The number of alkyl halides is 1. The molecule has 1 atom stereocenters. The minimum atomic E-state index is 0.443. The van der Waals surface area contributed by atoms with Crippen LogP contribution in [0.5, 0.6) is 0 Å². The molecule has 1 aromatic carbocycles. The van der Waals surface area contributed by atoms with Gasteiger partial charge in [0.25, 0.3) is 0 Å². The van der Waals surface area contributed by atoms with Crippen molar-refractivity contribution in [3.63, 3.8) is 0 Å². The van der Waals surface area contributed by atoms with Crippen molar-refractivity contribution in [1.29, 1.82) is 0 Å². The van der Waals surface area contributed by atoms with Gasteiger partial charge in [-0.25, -0.2) is 4.98 Å². The zero-order valence-corrected chi connectivity index (χ0v) is 12.7. The normalized spacial score (nSPS) is 13.1. The molecule has 0 fully saturated rings. The van der Waals surface area contributed by atoms with Crippen molar-refractivity contribution in [2.75, 3.05) is 12.0 Å².